The minimum atomic E-state index is -0.986. The van der Waals surface area contributed by atoms with Crippen molar-refractivity contribution in [1.82, 2.24) is 5.32 Å². The van der Waals surface area contributed by atoms with Gasteiger partial charge in [0.2, 0.25) is 0 Å². The van der Waals surface area contributed by atoms with E-state index in [1.807, 2.05) is 6.92 Å². The molecule has 7 nitrogen and oxygen atoms in total. The van der Waals surface area contributed by atoms with E-state index in [1.54, 1.807) is 25.1 Å². The maximum atomic E-state index is 11.8. The molecule has 0 saturated heterocycles. The zero-order chi connectivity index (χ0) is 17.7. The van der Waals surface area contributed by atoms with E-state index in [2.05, 4.69) is 5.32 Å². The number of rotatable bonds is 7. The summed E-state index contributed by atoms with van der Waals surface area (Å²) < 4.78 is 10.7. The molecule has 1 aromatic heterocycles. The van der Waals surface area contributed by atoms with E-state index in [0.29, 0.717) is 17.8 Å². The summed E-state index contributed by atoms with van der Waals surface area (Å²) in [6, 6.07) is 6.50. The van der Waals surface area contributed by atoms with Gasteiger partial charge in [-0.1, -0.05) is 6.92 Å². The number of hydrogen-bond acceptors (Lipinski definition) is 5. The second kappa shape index (κ2) is 7.63. The van der Waals surface area contributed by atoms with Gasteiger partial charge in [-0.2, -0.15) is 0 Å². The highest BCUT2D eigenvalue weighted by molar-refractivity contribution is 5.83. The minimum absolute atomic E-state index is 0.0360. The Bertz CT molecular complexity index is 810. The van der Waals surface area contributed by atoms with E-state index in [1.165, 1.54) is 6.07 Å². The van der Waals surface area contributed by atoms with E-state index in [0.717, 1.165) is 10.9 Å². The zero-order valence-corrected chi connectivity index (χ0v) is 13.5. The molecule has 1 heterocycles. The fourth-order valence-corrected chi connectivity index (χ4v) is 2.27. The van der Waals surface area contributed by atoms with Crippen molar-refractivity contribution in [2.45, 2.75) is 32.8 Å². The molecule has 1 aromatic carbocycles. The van der Waals surface area contributed by atoms with Crippen LogP contribution < -0.4 is 15.7 Å². The number of carbonyl (C=O) groups excluding carboxylic acids is 1. The summed E-state index contributed by atoms with van der Waals surface area (Å²) in [5, 5.41) is 11.8. The smallest absolute Gasteiger partial charge is 0.336 e. The summed E-state index contributed by atoms with van der Waals surface area (Å²) in [4.78, 5) is 33.8. The Labute approximate surface area is 138 Å². The highest BCUT2D eigenvalue weighted by atomic mass is 16.5. The molecule has 128 valence electrons. The Morgan fingerprint density at radius 3 is 2.75 bits per heavy atom. The van der Waals surface area contributed by atoms with Crippen molar-refractivity contribution < 1.29 is 23.8 Å². The van der Waals surface area contributed by atoms with Gasteiger partial charge in [0.15, 0.2) is 6.10 Å². The van der Waals surface area contributed by atoms with Gasteiger partial charge in [0.25, 0.3) is 5.91 Å². The maximum Gasteiger partial charge on any atom is 0.336 e. The van der Waals surface area contributed by atoms with Crippen LogP contribution >= 0.6 is 0 Å². The molecule has 2 rings (SSSR count). The van der Waals surface area contributed by atoms with Crippen LogP contribution in [-0.2, 0) is 16.0 Å². The molecule has 0 aliphatic heterocycles. The second-order valence-electron chi connectivity index (χ2n) is 5.30. The summed E-state index contributed by atoms with van der Waals surface area (Å²) >= 11 is 0. The lowest BCUT2D eigenvalue weighted by Gasteiger charge is -2.15. The van der Waals surface area contributed by atoms with Gasteiger partial charge in [-0.15, -0.1) is 0 Å². The topological polar surface area (TPSA) is 106 Å². The van der Waals surface area contributed by atoms with Crippen molar-refractivity contribution in [1.29, 1.82) is 0 Å². The van der Waals surface area contributed by atoms with E-state index < -0.39 is 23.6 Å². The number of amides is 1. The lowest BCUT2D eigenvalue weighted by molar-refractivity contribution is -0.137. The third kappa shape index (κ3) is 4.34. The third-order valence-corrected chi connectivity index (χ3v) is 3.50. The van der Waals surface area contributed by atoms with Crippen LogP contribution in [0.15, 0.2) is 33.5 Å². The van der Waals surface area contributed by atoms with Crippen LogP contribution in [0.5, 0.6) is 5.75 Å². The van der Waals surface area contributed by atoms with Crippen molar-refractivity contribution in [3.05, 3.63) is 40.2 Å². The number of aryl methyl sites for hydroxylation is 1. The molecule has 0 spiro atoms. The molecule has 2 aromatic rings. The number of hydrogen-bond donors (Lipinski definition) is 2. The molecule has 2 N–H and O–H groups in total. The predicted molar refractivity (Wildman–Crippen MR) is 87.2 cm³/mol. The molecule has 0 aliphatic rings. The molecule has 7 heteroatoms. The standard InChI is InChI=1S/C17H19NO6/c1-3-11-8-16(21)24-14-9-12(4-5-13(11)14)23-10(2)17(22)18-7-6-15(19)20/h4-5,8-10H,3,6-7H2,1-2H3,(H,18,22)(H,19,20)/t10-/m0/s1. The lowest BCUT2D eigenvalue weighted by Crippen LogP contribution is -2.37. The molecular weight excluding hydrogens is 314 g/mol. The van der Waals surface area contributed by atoms with Gasteiger partial charge in [-0.25, -0.2) is 4.79 Å². The van der Waals surface area contributed by atoms with Gasteiger partial charge in [0.05, 0.1) is 6.42 Å². The summed E-state index contributed by atoms with van der Waals surface area (Å²) in [5.41, 5.74) is 0.846. The number of aliphatic carboxylic acids is 1. The van der Waals surface area contributed by atoms with Gasteiger partial charge in [0, 0.05) is 24.1 Å². The number of nitrogens with one attached hydrogen (secondary N) is 1. The molecule has 0 saturated carbocycles. The Hall–Kier alpha value is -2.83. The van der Waals surface area contributed by atoms with Gasteiger partial charge in [-0.05, 0) is 31.0 Å². The van der Waals surface area contributed by atoms with Gasteiger partial charge >= 0.3 is 11.6 Å². The van der Waals surface area contributed by atoms with E-state index in [-0.39, 0.29) is 13.0 Å². The lowest BCUT2D eigenvalue weighted by atomic mass is 10.1. The summed E-state index contributed by atoms with van der Waals surface area (Å²) in [6.07, 6.45) is -0.262. The largest absolute Gasteiger partial charge is 0.481 e. The number of carboxylic acid groups (broad SMARTS) is 1. The molecule has 1 amide bonds. The van der Waals surface area contributed by atoms with E-state index in [4.69, 9.17) is 14.3 Å². The van der Waals surface area contributed by atoms with E-state index >= 15 is 0 Å². The van der Waals surface area contributed by atoms with Gasteiger partial charge in [-0.3, -0.25) is 9.59 Å². The number of carboxylic acids is 1. The van der Waals surface area contributed by atoms with Crippen LogP contribution in [0, 0.1) is 0 Å². The van der Waals surface area contributed by atoms with Crippen molar-refractivity contribution >= 4 is 22.8 Å². The molecule has 0 aliphatic carbocycles. The van der Waals surface area contributed by atoms with Gasteiger partial charge < -0.3 is 19.6 Å². The molecule has 0 bridgehead atoms. The first-order valence-electron chi connectivity index (χ1n) is 7.63. The predicted octanol–water partition coefficient (Wildman–Crippen LogP) is 1.71. The van der Waals surface area contributed by atoms with Crippen molar-refractivity contribution in [2.75, 3.05) is 6.54 Å². The SMILES string of the molecule is CCc1cc(=O)oc2cc(O[C@@H](C)C(=O)NCCC(=O)O)ccc12. The number of fused-ring (bicyclic) bond motifs is 1. The quantitative estimate of drug-likeness (QED) is 0.747. The summed E-state index contributed by atoms with van der Waals surface area (Å²) in [5.74, 6) is -1.01. The number of benzene rings is 1. The minimum Gasteiger partial charge on any atom is -0.481 e. The fraction of sp³-hybridized carbons (Fsp3) is 0.353. The number of carbonyl (C=O) groups is 2. The summed E-state index contributed by atoms with van der Waals surface area (Å²) in [6.45, 7) is 3.54. The Morgan fingerprint density at radius 1 is 1.33 bits per heavy atom. The molecule has 0 fully saturated rings. The Balaban J connectivity index is 2.11. The van der Waals surface area contributed by atoms with Crippen molar-refractivity contribution in [3.63, 3.8) is 0 Å². The summed E-state index contributed by atoms with van der Waals surface area (Å²) in [7, 11) is 0. The Morgan fingerprint density at radius 2 is 2.08 bits per heavy atom. The zero-order valence-electron chi connectivity index (χ0n) is 13.5. The molecule has 0 unspecified atom stereocenters. The highest BCUT2D eigenvalue weighted by Gasteiger charge is 2.15. The van der Waals surface area contributed by atoms with Gasteiger partial charge in [0.1, 0.15) is 11.3 Å². The molecule has 1 atom stereocenters. The van der Waals surface area contributed by atoms with Crippen LogP contribution in [0.4, 0.5) is 0 Å². The normalized spacial score (nSPS) is 11.9. The first kappa shape index (κ1) is 17.5. The number of ether oxygens (including phenoxy) is 1. The van der Waals surface area contributed by atoms with Crippen LogP contribution in [0.25, 0.3) is 11.0 Å². The van der Waals surface area contributed by atoms with Crippen LogP contribution in [0.3, 0.4) is 0 Å². The average molecular weight is 333 g/mol. The van der Waals surface area contributed by atoms with Crippen LogP contribution in [0.1, 0.15) is 25.8 Å². The Kier molecular flexibility index (Phi) is 5.57. The monoisotopic (exact) mass is 333 g/mol. The highest BCUT2D eigenvalue weighted by Crippen LogP contribution is 2.23. The van der Waals surface area contributed by atoms with Crippen molar-refractivity contribution in [2.24, 2.45) is 0 Å². The van der Waals surface area contributed by atoms with Crippen LogP contribution in [0.2, 0.25) is 0 Å². The van der Waals surface area contributed by atoms with Crippen LogP contribution in [-0.4, -0.2) is 29.6 Å². The van der Waals surface area contributed by atoms with E-state index in [9.17, 15) is 14.4 Å². The molecule has 24 heavy (non-hydrogen) atoms. The first-order valence-corrected chi connectivity index (χ1v) is 7.63. The van der Waals surface area contributed by atoms with Crippen molar-refractivity contribution in [3.8, 4) is 5.75 Å². The third-order valence-electron chi connectivity index (χ3n) is 3.50. The maximum absolute atomic E-state index is 11.8. The second-order valence-corrected chi connectivity index (χ2v) is 5.30. The molecule has 0 radical (unpaired) electrons. The average Bonchev–Trinajstić information content (AvgIpc) is 2.53. The fourth-order valence-electron chi connectivity index (χ4n) is 2.27. The molecular formula is C17H19NO6. The first-order chi connectivity index (χ1) is 11.4.